The lowest BCUT2D eigenvalue weighted by Crippen LogP contribution is -2.41. The van der Waals surface area contributed by atoms with E-state index in [1.807, 2.05) is 0 Å². The summed E-state index contributed by atoms with van der Waals surface area (Å²) in [6.07, 6.45) is 7.03. The average molecular weight is 507 g/mol. The molecule has 1 heterocycles. The van der Waals surface area contributed by atoms with E-state index in [-0.39, 0.29) is 36.5 Å². The third kappa shape index (κ3) is 6.67. The Hall–Kier alpha value is -3.88. The SMILES string of the molecule is COc1ccc(NC(=O)Cn2c(=O)n(CCCCC(=O)NC3CCCCC3)c(=O)c3ccccc32)cc1. The van der Waals surface area contributed by atoms with Gasteiger partial charge in [0.15, 0.2) is 0 Å². The van der Waals surface area contributed by atoms with E-state index in [1.54, 1.807) is 55.6 Å². The number of ether oxygens (including phenoxy) is 1. The maximum Gasteiger partial charge on any atom is 0.331 e. The van der Waals surface area contributed by atoms with Gasteiger partial charge >= 0.3 is 5.69 Å². The number of unbranched alkanes of at least 4 members (excludes halogenated alkanes) is 1. The lowest BCUT2D eigenvalue weighted by atomic mass is 9.95. The van der Waals surface area contributed by atoms with Crippen LogP contribution in [0.1, 0.15) is 51.4 Å². The first-order valence-electron chi connectivity index (χ1n) is 12.9. The number of methoxy groups -OCH3 is 1. The first kappa shape index (κ1) is 26.2. The van der Waals surface area contributed by atoms with Gasteiger partial charge in [-0.1, -0.05) is 31.4 Å². The van der Waals surface area contributed by atoms with Crippen LogP contribution in [0.15, 0.2) is 58.1 Å². The number of amides is 2. The summed E-state index contributed by atoms with van der Waals surface area (Å²) in [6, 6.07) is 13.9. The summed E-state index contributed by atoms with van der Waals surface area (Å²) in [6.45, 7) is -0.0608. The van der Waals surface area contributed by atoms with Gasteiger partial charge in [-0.15, -0.1) is 0 Å². The van der Waals surface area contributed by atoms with Crippen molar-refractivity contribution >= 4 is 28.4 Å². The number of nitrogens with zero attached hydrogens (tertiary/aromatic N) is 2. The zero-order valence-corrected chi connectivity index (χ0v) is 21.2. The first-order chi connectivity index (χ1) is 18.0. The van der Waals surface area contributed by atoms with E-state index in [1.165, 1.54) is 15.6 Å². The van der Waals surface area contributed by atoms with E-state index in [0.29, 0.717) is 41.6 Å². The van der Waals surface area contributed by atoms with Gasteiger partial charge in [0.05, 0.1) is 18.0 Å². The molecule has 0 unspecified atom stereocenters. The molecule has 3 aromatic rings. The van der Waals surface area contributed by atoms with E-state index < -0.39 is 5.69 Å². The monoisotopic (exact) mass is 506 g/mol. The number of nitrogens with one attached hydrogen (secondary N) is 2. The highest BCUT2D eigenvalue weighted by molar-refractivity contribution is 5.91. The number of benzene rings is 2. The standard InChI is InChI=1S/C28H34N4O5/c1-37-22-16-14-21(15-17-22)30-26(34)19-32-24-12-6-5-11-23(24)27(35)31(28(32)36)18-8-7-13-25(33)29-20-9-3-2-4-10-20/h5-6,11-12,14-17,20H,2-4,7-10,13,18-19H2,1H3,(H,29,33)(H,30,34). The van der Waals surface area contributed by atoms with Crippen molar-refractivity contribution in [3.8, 4) is 5.75 Å². The van der Waals surface area contributed by atoms with Crippen molar-refractivity contribution in [2.75, 3.05) is 12.4 Å². The number of hydrogen-bond donors (Lipinski definition) is 2. The smallest absolute Gasteiger partial charge is 0.331 e. The summed E-state index contributed by atoms with van der Waals surface area (Å²) < 4.78 is 7.63. The molecule has 196 valence electrons. The van der Waals surface area contributed by atoms with Gasteiger partial charge < -0.3 is 15.4 Å². The van der Waals surface area contributed by atoms with Gasteiger partial charge in [-0.3, -0.25) is 23.5 Å². The predicted molar refractivity (Wildman–Crippen MR) is 143 cm³/mol. The Bertz CT molecular complexity index is 1350. The van der Waals surface area contributed by atoms with Crippen molar-refractivity contribution in [1.82, 2.24) is 14.5 Å². The fraction of sp³-hybridized carbons (Fsp3) is 0.429. The largest absolute Gasteiger partial charge is 0.497 e. The van der Waals surface area contributed by atoms with Crippen molar-refractivity contribution in [1.29, 1.82) is 0 Å². The minimum Gasteiger partial charge on any atom is -0.497 e. The fourth-order valence-corrected chi connectivity index (χ4v) is 4.84. The van der Waals surface area contributed by atoms with E-state index in [9.17, 15) is 19.2 Å². The molecule has 2 aromatic carbocycles. The number of hydrogen-bond acceptors (Lipinski definition) is 5. The summed E-state index contributed by atoms with van der Waals surface area (Å²) in [5.74, 6) is 0.297. The summed E-state index contributed by atoms with van der Waals surface area (Å²) in [4.78, 5) is 51.5. The molecule has 9 heteroatoms. The van der Waals surface area contributed by atoms with Crippen LogP contribution in [0.2, 0.25) is 0 Å². The molecule has 1 aliphatic rings. The number of aromatic nitrogens is 2. The molecule has 9 nitrogen and oxygen atoms in total. The molecular weight excluding hydrogens is 472 g/mol. The van der Waals surface area contributed by atoms with Gasteiger partial charge in [-0.2, -0.15) is 0 Å². The van der Waals surface area contributed by atoms with Crippen molar-refractivity contribution in [3.63, 3.8) is 0 Å². The topological polar surface area (TPSA) is 111 Å². The molecule has 4 rings (SSSR count). The highest BCUT2D eigenvalue weighted by Gasteiger charge is 2.17. The number of carbonyl (C=O) groups is 2. The Balaban J connectivity index is 1.44. The third-order valence-electron chi connectivity index (χ3n) is 6.81. The van der Waals surface area contributed by atoms with Crippen LogP contribution in [0.5, 0.6) is 5.75 Å². The Labute approximate surface area is 215 Å². The minimum absolute atomic E-state index is 0.0189. The van der Waals surface area contributed by atoms with Crippen LogP contribution in [0.3, 0.4) is 0 Å². The molecule has 0 bridgehead atoms. The maximum atomic E-state index is 13.3. The number of carbonyl (C=O) groups excluding carboxylic acids is 2. The van der Waals surface area contributed by atoms with Gasteiger partial charge in [-0.05, 0) is 62.1 Å². The van der Waals surface area contributed by atoms with Crippen molar-refractivity contribution in [2.45, 2.75) is 70.5 Å². The van der Waals surface area contributed by atoms with E-state index in [0.717, 1.165) is 25.7 Å². The van der Waals surface area contributed by atoms with Crippen molar-refractivity contribution in [2.24, 2.45) is 0 Å². The van der Waals surface area contributed by atoms with Crippen LogP contribution in [0.25, 0.3) is 10.9 Å². The molecule has 0 radical (unpaired) electrons. The van der Waals surface area contributed by atoms with Crippen LogP contribution >= 0.6 is 0 Å². The second kappa shape index (κ2) is 12.4. The molecule has 1 aromatic heterocycles. The number of rotatable bonds is 10. The van der Waals surface area contributed by atoms with Crippen molar-refractivity contribution < 1.29 is 14.3 Å². The summed E-state index contributed by atoms with van der Waals surface area (Å²) in [5, 5.41) is 6.25. The Morgan fingerprint density at radius 1 is 0.919 bits per heavy atom. The van der Waals surface area contributed by atoms with E-state index in [2.05, 4.69) is 10.6 Å². The van der Waals surface area contributed by atoms with Gasteiger partial charge in [0.25, 0.3) is 5.56 Å². The predicted octanol–water partition coefficient (Wildman–Crippen LogP) is 3.43. The second-order valence-electron chi connectivity index (χ2n) is 9.48. The molecule has 1 aliphatic carbocycles. The number of fused-ring (bicyclic) bond motifs is 1. The first-order valence-corrected chi connectivity index (χ1v) is 12.9. The molecule has 0 aliphatic heterocycles. The van der Waals surface area contributed by atoms with E-state index in [4.69, 9.17) is 4.74 Å². The molecular formula is C28H34N4O5. The van der Waals surface area contributed by atoms with Gasteiger partial charge in [-0.25, -0.2) is 4.79 Å². The molecule has 0 saturated heterocycles. The normalized spacial score (nSPS) is 13.9. The fourth-order valence-electron chi connectivity index (χ4n) is 4.84. The minimum atomic E-state index is -0.541. The van der Waals surface area contributed by atoms with Gasteiger partial charge in [0.1, 0.15) is 12.3 Å². The lowest BCUT2D eigenvalue weighted by molar-refractivity contribution is -0.122. The number of para-hydroxylation sites is 1. The van der Waals surface area contributed by atoms with Crippen LogP contribution in [-0.2, 0) is 22.7 Å². The summed E-state index contributed by atoms with van der Waals surface area (Å²) in [5.41, 5.74) is 0.0489. The molecule has 37 heavy (non-hydrogen) atoms. The number of anilines is 1. The Kier molecular flexibility index (Phi) is 8.77. The van der Waals surface area contributed by atoms with Crippen LogP contribution < -0.4 is 26.6 Å². The third-order valence-corrected chi connectivity index (χ3v) is 6.81. The van der Waals surface area contributed by atoms with Gasteiger partial charge in [0.2, 0.25) is 11.8 Å². The molecule has 1 saturated carbocycles. The Morgan fingerprint density at radius 3 is 2.38 bits per heavy atom. The van der Waals surface area contributed by atoms with Gasteiger partial charge in [0, 0.05) is 24.7 Å². The van der Waals surface area contributed by atoms with Crippen LogP contribution in [-0.4, -0.2) is 34.1 Å². The quantitative estimate of drug-likeness (QED) is 0.409. The zero-order chi connectivity index (χ0) is 26.2. The summed E-state index contributed by atoms with van der Waals surface area (Å²) >= 11 is 0. The zero-order valence-electron chi connectivity index (χ0n) is 21.2. The van der Waals surface area contributed by atoms with Crippen LogP contribution in [0, 0.1) is 0 Å². The van der Waals surface area contributed by atoms with Crippen LogP contribution in [0.4, 0.5) is 5.69 Å². The molecule has 0 atom stereocenters. The Morgan fingerprint density at radius 2 is 1.65 bits per heavy atom. The summed E-state index contributed by atoms with van der Waals surface area (Å²) in [7, 11) is 1.56. The lowest BCUT2D eigenvalue weighted by Gasteiger charge is -2.22. The molecule has 2 N–H and O–H groups in total. The second-order valence-corrected chi connectivity index (χ2v) is 9.48. The van der Waals surface area contributed by atoms with Crippen molar-refractivity contribution in [3.05, 3.63) is 69.4 Å². The highest BCUT2D eigenvalue weighted by Crippen LogP contribution is 2.18. The molecule has 1 fully saturated rings. The maximum absolute atomic E-state index is 13.3. The molecule has 0 spiro atoms. The highest BCUT2D eigenvalue weighted by atomic mass is 16.5. The average Bonchev–Trinajstić information content (AvgIpc) is 2.91. The molecule has 2 amide bonds. The van der Waals surface area contributed by atoms with E-state index >= 15 is 0 Å².